The number of nitrogens with one attached hydrogen (secondary N) is 2. The van der Waals surface area contributed by atoms with Gasteiger partial charge in [0.15, 0.2) is 0 Å². The van der Waals surface area contributed by atoms with Crippen molar-refractivity contribution in [1.82, 2.24) is 9.97 Å². The lowest BCUT2D eigenvalue weighted by atomic mass is 10.1. The van der Waals surface area contributed by atoms with E-state index in [-0.39, 0.29) is 35.2 Å². The van der Waals surface area contributed by atoms with Gasteiger partial charge in [-0.05, 0) is 25.0 Å². The molecular weight excluding hydrogens is 273 g/mol. The fourth-order valence-electron chi connectivity index (χ4n) is 2.10. The lowest BCUT2D eigenvalue weighted by molar-refractivity contribution is -0.151. The Morgan fingerprint density at radius 2 is 2.05 bits per heavy atom. The van der Waals surface area contributed by atoms with E-state index in [1.165, 1.54) is 18.5 Å². The summed E-state index contributed by atoms with van der Waals surface area (Å²) >= 11 is 0. The molecule has 1 aliphatic rings. The number of fused-ring (bicyclic) bond motifs is 1. The highest BCUT2D eigenvalue weighted by atomic mass is 19.4. The van der Waals surface area contributed by atoms with Crippen molar-refractivity contribution in [2.24, 2.45) is 0 Å². The zero-order valence-corrected chi connectivity index (χ0v) is 10.2. The maximum absolute atomic E-state index is 12.9. The number of anilines is 2. The number of nitrogens with zero attached hydrogens (tertiary/aromatic N) is 1. The average Bonchev–Trinajstić information content (AvgIpc) is 3.12. The van der Waals surface area contributed by atoms with Crippen LogP contribution < -0.4 is 16.6 Å². The highest BCUT2D eigenvalue weighted by molar-refractivity contribution is 5.88. The molecule has 1 heterocycles. The largest absolute Gasteiger partial charge is 0.411 e. The van der Waals surface area contributed by atoms with Crippen molar-refractivity contribution in [1.29, 1.82) is 0 Å². The van der Waals surface area contributed by atoms with Gasteiger partial charge in [0, 0.05) is 0 Å². The molecule has 0 saturated heterocycles. The molecule has 0 radical (unpaired) electrons. The summed E-state index contributed by atoms with van der Waals surface area (Å²) in [5.41, 5.74) is 3.96. The third-order valence-corrected chi connectivity index (χ3v) is 3.48. The second-order valence-corrected chi connectivity index (χ2v) is 4.89. The summed E-state index contributed by atoms with van der Waals surface area (Å²) in [5.74, 6) is 0. The van der Waals surface area contributed by atoms with Crippen LogP contribution in [-0.2, 0) is 0 Å². The number of benzene rings is 1. The molecule has 0 amide bonds. The molecule has 0 spiro atoms. The average molecular weight is 284 g/mol. The van der Waals surface area contributed by atoms with Crippen molar-refractivity contribution >= 4 is 22.3 Å². The number of halogens is 3. The molecule has 2 aromatic rings. The number of aromatic amines is 1. The number of nitrogens with two attached hydrogens (primary N) is 1. The monoisotopic (exact) mass is 284 g/mol. The van der Waals surface area contributed by atoms with Crippen LogP contribution in [0.1, 0.15) is 12.8 Å². The van der Waals surface area contributed by atoms with E-state index in [9.17, 15) is 18.0 Å². The van der Waals surface area contributed by atoms with Gasteiger partial charge in [-0.25, -0.2) is 4.98 Å². The van der Waals surface area contributed by atoms with Gasteiger partial charge in [0.1, 0.15) is 5.54 Å². The Morgan fingerprint density at radius 1 is 1.35 bits per heavy atom. The lowest BCUT2D eigenvalue weighted by Gasteiger charge is -2.23. The minimum atomic E-state index is -4.34. The molecule has 1 aromatic carbocycles. The van der Waals surface area contributed by atoms with Gasteiger partial charge in [-0.3, -0.25) is 4.79 Å². The van der Waals surface area contributed by atoms with Crippen molar-refractivity contribution in [3.8, 4) is 0 Å². The Morgan fingerprint density at radius 3 is 2.65 bits per heavy atom. The van der Waals surface area contributed by atoms with E-state index in [0.717, 1.165) is 0 Å². The van der Waals surface area contributed by atoms with E-state index in [1.807, 2.05) is 0 Å². The molecule has 4 N–H and O–H groups in total. The minimum Gasteiger partial charge on any atom is -0.397 e. The fourth-order valence-corrected chi connectivity index (χ4v) is 2.10. The van der Waals surface area contributed by atoms with Crippen LogP contribution in [0.25, 0.3) is 10.9 Å². The first kappa shape index (κ1) is 12.8. The zero-order valence-electron chi connectivity index (χ0n) is 10.2. The number of rotatable bonds is 2. The highest BCUT2D eigenvalue weighted by Crippen LogP contribution is 2.51. The van der Waals surface area contributed by atoms with Gasteiger partial charge in [-0.15, -0.1) is 0 Å². The third-order valence-electron chi connectivity index (χ3n) is 3.48. The van der Waals surface area contributed by atoms with Gasteiger partial charge in [0.05, 0.1) is 28.6 Å². The van der Waals surface area contributed by atoms with Gasteiger partial charge in [-0.1, -0.05) is 0 Å². The molecule has 0 bridgehead atoms. The van der Waals surface area contributed by atoms with Crippen LogP contribution in [-0.4, -0.2) is 21.7 Å². The molecule has 106 valence electrons. The second-order valence-electron chi connectivity index (χ2n) is 4.89. The standard InChI is InChI=1S/C12H11F3N4O/c13-12(14,15)11(1-2-11)19-9-4-8-6(3-7(9)16)10(20)18-5-17-8/h3-5,19H,1-2,16H2,(H,17,18,20). The second kappa shape index (κ2) is 3.87. The van der Waals surface area contributed by atoms with E-state index in [1.54, 1.807) is 0 Å². The van der Waals surface area contributed by atoms with E-state index in [2.05, 4.69) is 15.3 Å². The molecule has 0 aliphatic heterocycles. The van der Waals surface area contributed by atoms with Crippen LogP contribution >= 0.6 is 0 Å². The van der Waals surface area contributed by atoms with Crippen molar-refractivity contribution in [2.75, 3.05) is 11.1 Å². The quantitative estimate of drug-likeness (QED) is 0.737. The lowest BCUT2D eigenvalue weighted by Crippen LogP contribution is -2.38. The highest BCUT2D eigenvalue weighted by Gasteiger charge is 2.63. The summed E-state index contributed by atoms with van der Waals surface area (Å²) in [6.45, 7) is 0. The topological polar surface area (TPSA) is 83.8 Å². The normalized spacial score (nSPS) is 17.1. The SMILES string of the molecule is Nc1cc2c(=O)[nH]cnc2cc1NC1(C(F)(F)F)CC1. The Labute approximate surface area is 111 Å². The Bertz CT molecular complexity index is 734. The van der Waals surface area contributed by atoms with Gasteiger partial charge >= 0.3 is 6.18 Å². The van der Waals surface area contributed by atoms with Crippen LogP contribution in [0.3, 0.4) is 0 Å². The Hall–Kier alpha value is -2.25. The molecule has 20 heavy (non-hydrogen) atoms. The summed E-state index contributed by atoms with van der Waals surface area (Å²) in [4.78, 5) is 17.9. The molecule has 3 rings (SSSR count). The number of H-pyrrole nitrogens is 1. The summed E-state index contributed by atoms with van der Waals surface area (Å²) in [6, 6.07) is 2.70. The number of alkyl halides is 3. The molecule has 1 aromatic heterocycles. The van der Waals surface area contributed by atoms with Crippen LogP contribution in [0, 0.1) is 0 Å². The van der Waals surface area contributed by atoms with E-state index >= 15 is 0 Å². The summed E-state index contributed by atoms with van der Waals surface area (Å²) < 4.78 is 38.8. The molecule has 1 fully saturated rings. The number of hydrogen-bond donors (Lipinski definition) is 3. The molecule has 1 aliphatic carbocycles. The van der Waals surface area contributed by atoms with E-state index in [4.69, 9.17) is 5.73 Å². The zero-order chi connectivity index (χ0) is 14.5. The Kier molecular flexibility index (Phi) is 2.47. The summed E-state index contributed by atoms with van der Waals surface area (Å²) in [5, 5.41) is 2.69. The van der Waals surface area contributed by atoms with E-state index < -0.39 is 11.7 Å². The van der Waals surface area contributed by atoms with Gasteiger partial charge < -0.3 is 16.0 Å². The predicted octanol–water partition coefficient (Wildman–Crippen LogP) is 2.01. The number of nitrogen functional groups attached to an aromatic ring is 1. The minimum absolute atomic E-state index is 0.0107. The number of aromatic nitrogens is 2. The molecule has 1 saturated carbocycles. The number of hydrogen-bond acceptors (Lipinski definition) is 4. The predicted molar refractivity (Wildman–Crippen MR) is 68.4 cm³/mol. The van der Waals surface area contributed by atoms with Gasteiger partial charge in [0.2, 0.25) is 0 Å². The van der Waals surface area contributed by atoms with Crippen molar-refractivity contribution in [3.05, 3.63) is 28.8 Å². The third kappa shape index (κ3) is 1.87. The molecular formula is C12H11F3N4O. The fraction of sp³-hybridized carbons (Fsp3) is 0.333. The molecule has 5 nitrogen and oxygen atoms in total. The first-order valence-electron chi connectivity index (χ1n) is 5.94. The first-order valence-corrected chi connectivity index (χ1v) is 5.94. The van der Waals surface area contributed by atoms with Crippen molar-refractivity contribution in [3.63, 3.8) is 0 Å². The molecule has 8 heteroatoms. The first-order chi connectivity index (χ1) is 9.32. The maximum Gasteiger partial charge on any atom is 0.411 e. The van der Waals surface area contributed by atoms with Gasteiger partial charge in [-0.2, -0.15) is 13.2 Å². The summed E-state index contributed by atoms with van der Waals surface area (Å²) in [7, 11) is 0. The van der Waals surface area contributed by atoms with Crippen LogP contribution in [0.15, 0.2) is 23.3 Å². The van der Waals surface area contributed by atoms with E-state index in [0.29, 0.717) is 5.52 Å². The summed E-state index contributed by atoms with van der Waals surface area (Å²) in [6.07, 6.45) is -3.12. The molecule has 0 atom stereocenters. The molecule has 0 unspecified atom stereocenters. The van der Waals surface area contributed by atoms with Crippen LogP contribution in [0.2, 0.25) is 0 Å². The van der Waals surface area contributed by atoms with Gasteiger partial charge in [0.25, 0.3) is 5.56 Å². The van der Waals surface area contributed by atoms with Crippen molar-refractivity contribution in [2.45, 2.75) is 24.6 Å². The van der Waals surface area contributed by atoms with Crippen LogP contribution in [0.4, 0.5) is 24.5 Å². The Balaban J connectivity index is 2.05. The van der Waals surface area contributed by atoms with Crippen LogP contribution in [0.5, 0.6) is 0 Å². The smallest absolute Gasteiger partial charge is 0.397 e. The maximum atomic E-state index is 12.9. The van der Waals surface area contributed by atoms with Crippen molar-refractivity contribution < 1.29 is 13.2 Å².